The predicted octanol–water partition coefficient (Wildman–Crippen LogP) is 2.56. The second kappa shape index (κ2) is 6.15. The van der Waals surface area contributed by atoms with Crippen LogP contribution in [0, 0.1) is 0 Å². The zero-order valence-corrected chi connectivity index (χ0v) is 11.1. The lowest BCUT2D eigenvalue weighted by Gasteiger charge is -2.07. The monoisotopic (exact) mass is 259 g/mol. The third-order valence-corrected chi connectivity index (χ3v) is 2.60. The van der Waals surface area contributed by atoms with Crippen LogP contribution in [0.3, 0.4) is 0 Å². The number of nitrogens with two attached hydrogens (primary N) is 1. The van der Waals surface area contributed by atoms with Crippen LogP contribution in [0.2, 0.25) is 0 Å². The largest absolute Gasteiger partial charge is 0.439 e. The van der Waals surface area contributed by atoms with Crippen molar-refractivity contribution in [1.82, 2.24) is 9.97 Å². The van der Waals surface area contributed by atoms with E-state index in [1.165, 1.54) is 5.56 Å². The van der Waals surface area contributed by atoms with Crippen molar-refractivity contribution in [3.8, 4) is 11.6 Å². The summed E-state index contributed by atoms with van der Waals surface area (Å²) in [5, 5.41) is 0. The quantitative estimate of drug-likeness (QED) is 0.893. The molecule has 0 unspecified atom stereocenters. The Labute approximate surface area is 112 Å². The van der Waals surface area contributed by atoms with Gasteiger partial charge in [0.05, 0.1) is 0 Å². The summed E-state index contributed by atoms with van der Waals surface area (Å²) >= 11 is 0. The van der Waals surface area contributed by atoms with E-state index in [4.69, 9.17) is 15.2 Å². The molecule has 1 aromatic heterocycles. The first-order chi connectivity index (χ1) is 9.21. The highest BCUT2D eigenvalue weighted by Gasteiger charge is 2.05. The van der Waals surface area contributed by atoms with Gasteiger partial charge in [-0.2, -0.15) is 4.98 Å². The van der Waals surface area contributed by atoms with Gasteiger partial charge >= 0.3 is 0 Å². The van der Waals surface area contributed by atoms with Crippen LogP contribution in [-0.2, 0) is 17.8 Å². The molecule has 0 aliphatic rings. The third kappa shape index (κ3) is 3.66. The van der Waals surface area contributed by atoms with Gasteiger partial charge in [-0.25, -0.2) is 4.98 Å². The summed E-state index contributed by atoms with van der Waals surface area (Å²) in [6.45, 7) is 2.41. The summed E-state index contributed by atoms with van der Waals surface area (Å²) in [5.41, 5.74) is 6.96. The summed E-state index contributed by atoms with van der Waals surface area (Å²) in [5.74, 6) is 2.01. The van der Waals surface area contributed by atoms with Gasteiger partial charge in [-0.3, -0.25) is 0 Å². The molecule has 1 heterocycles. The van der Waals surface area contributed by atoms with Gasteiger partial charge in [-0.05, 0) is 24.1 Å². The summed E-state index contributed by atoms with van der Waals surface area (Å²) < 4.78 is 10.6. The molecule has 0 radical (unpaired) electrons. The van der Waals surface area contributed by atoms with Crippen molar-refractivity contribution >= 4 is 5.82 Å². The van der Waals surface area contributed by atoms with Crippen molar-refractivity contribution in [2.24, 2.45) is 0 Å². The van der Waals surface area contributed by atoms with Gasteiger partial charge in [-0.15, -0.1) is 0 Å². The van der Waals surface area contributed by atoms with E-state index in [9.17, 15) is 0 Å². The van der Waals surface area contributed by atoms with Crippen LogP contribution in [0.25, 0.3) is 0 Å². The minimum Gasteiger partial charge on any atom is -0.439 e. The zero-order chi connectivity index (χ0) is 13.7. The lowest BCUT2D eigenvalue weighted by atomic mass is 10.2. The fourth-order valence-corrected chi connectivity index (χ4v) is 1.65. The molecule has 2 N–H and O–H groups in total. The number of nitrogen functional groups attached to an aromatic ring is 1. The maximum atomic E-state index is 5.70. The van der Waals surface area contributed by atoms with Crippen LogP contribution in [-0.4, -0.2) is 17.1 Å². The number of benzene rings is 1. The van der Waals surface area contributed by atoms with Gasteiger partial charge in [-0.1, -0.05) is 19.1 Å². The van der Waals surface area contributed by atoms with Gasteiger partial charge < -0.3 is 15.2 Å². The Kier molecular flexibility index (Phi) is 4.30. The van der Waals surface area contributed by atoms with Crippen LogP contribution in [0.15, 0.2) is 30.3 Å². The van der Waals surface area contributed by atoms with E-state index < -0.39 is 0 Å². The topological polar surface area (TPSA) is 70.3 Å². The maximum Gasteiger partial charge on any atom is 0.224 e. The first-order valence-corrected chi connectivity index (χ1v) is 6.10. The van der Waals surface area contributed by atoms with Gasteiger partial charge in [0.1, 0.15) is 18.2 Å². The number of rotatable bonds is 5. The van der Waals surface area contributed by atoms with E-state index in [1.807, 2.05) is 24.3 Å². The number of methoxy groups -OCH3 is 1. The van der Waals surface area contributed by atoms with E-state index in [0.29, 0.717) is 24.1 Å². The second-order valence-electron chi connectivity index (χ2n) is 4.08. The van der Waals surface area contributed by atoms with Gasteiger partial charge in [0.25, 0.3) is 0 Å². The fourth-order valence-electron chi connectivity index (χ4n) is 1.65. The van der Waals surface area contributed by atoms with E-state index >= 15 is 0 Å². The number of aryl methyl sites for hydroxylation is 1. The number of nitrogens with zero attached hydrogens (tertiary/aromatic N) is 2. The molecule has 5 heteroatoms. The van der Waals surface area contributed by atoms with E-state index in [1.54, 1.807) is 13.2 Å². The highest BCUT2D eigenvalue weighted by atomic mass is 16.5. The number of ether oxygens (including phenoxy) is 2. The molecule has 100 valence electrons. The minimum atomic E-state index is 0.302. The van der Waals surface area contributed by atoms with E-state index in [0.717, 1.165) is 12.2 Å². The minimum absolute atomic E-state index is 0.302. The first-order valence-electron chi connectivity index (χ1n) is 6.10. The van der Waals surface area contributed by atoms with E-state index in [-0.39, 0.29) is 0 Å². The van der Waals surface area contributed by atoms with Crippen LogP contribution in [0.4, 0.5) is 5.82 Å². The molecule has 0 fully saturated rings. The predicted molar refractivity (Wildman–Crippen MR) is 73.1 cm³/mol. The molecule has 0 aliphatic carbocycles. The SMILES string of the molecule is CCc1ccc(Oc2cc(N)nc(COC)n2)cc1. The molecule has 0 saturated heterocycles. The van der Waals surface area contributed by atoms with Crippen LogP contribution >= 0.6 is 0 Å². The second-order valence-corrected chi connectivity index (χ2v) is 4.08. The van der Waals surface area contributed by atoms with Gasteiger partial charge in [0.2, 0.25) is 5.88 Å². The summed E-state index contributed by atoms with van der Waals surface area (Å²) in [6.07, 6.45) is 0.999. The highest BCUT2D eigenvalue weighted by molar-refractivity contribution is 5.36. The molecule has 2 aromatic rings. The van der Waals surface area contributed by atoms with Crippen molar-refractivity contribution in [2.45, 2.75) is 20.0 Å². The number of aromatic nitrogens is 2. The van der Waals surface area contributed by atoms with Crippen molar-refractivity contribution in [3.63, 3.8) is 0 Å². The van der Waals surface area contributed by atoms with Crippen LogP contribution < -0.4 is 10.5 Å². The number of hydrogen-bond donors (Lipinski definition) is 1. The van der Waals surface area contributed by atoms with E-state index in [2.05, 4.69) is 16.9 Å². The van der Waals surface area contributed by atoms with Crippen molar-refractivity contribution in [1.29, 1.82) is 0 Å². The summed E-state index contributed by atoms with van der Waals surface area (Å²) in [7, 11) is 1.58. The van der Waals surface area contributed by atoms with Crippen molar-refractivity contribution in [2.75, 3.05) is 12.8 Å². The Morgan fingerprint density at radius 2 is 1.89 bits per heavy atom. The molecule has 2 rings (SSSR count). The first kappa shape index (κ1) is 13.3. The smallest absolute Gasteiger partial charge is 0.224 e. The molecule has 0 spiro atoms. The Balaban J connectivity index is 2.17. The highest BCUT2D eigenvalue weighted by Crippen LogP contribution is 2.21. The summed E-state index contributed by atoms with van der Waals surface area (Å²) in [4.78, 5) is 8.28. The maximum absolute atomic E-state index is 5.70. The lowest BCUT2D eigenvalue weighted by Crippen LogP contribution is -2.02. The molecule has 19 heavy (non-hydrogen) atoms. The number of anilines is 1. The fraction of sp³-hybridized carbons (Fsp3) is 0.286. The molecule has 0 atom stereocenters. The van der Waals surface area contributed by atoms with Crippen molar-refractivity contribution < 1.29 is 9.47 Å². The van der Waals surface area contributed by atoms with Gasteiger partial charge in [0.15, 0.2) is 5.82 Å². The lowest BCUT2D eigenvalue weighted by molar-refractivity contribution is 0.177. The molecule has 5 nitrogen and oxygen atoms in total. The molecule has 0 bridgehead atoms. The molecule has 0 saturated carbocycles. The molecular weight excluding hydrogens is 242 g/mol. The Bertz CT molecular complexity index is 541. The number of hydrogen-bond acceptors (Lipinski definition) is 5. The zero-order valence-electron chi connectivity index (χ0n) is 11.1. The summed E-state index contributed by atoms with van der Waals surface area (Å²) in [6, 6.07) is 9.46. The average molecular weight is 259 g/mol. The van der Waals surface area contributed by atoms with Crippen LogP contribution in [0.5, 0.6) is 11.6 Å². The van der Waals surface area contributed by atoms with Gasteiger partial charge in [0, 0.05) is 13.2 Å². The average Bonchev–Trinajstić information content (AvgIpc) is 2.39. The normalized spacial score (nSPS) is 10.4. The Morgan fingerprint density at radius 1 is 1.16 bits per heavy atom. The van der Waals surface area contributed by atoms with Crippen LogP contribution in [0.1, 0.15) is 18.3 Å². The molecular formula is C14H17N3O2. The molecule has 0 amide bonds. The Morgan fingerprint density at radius 3 is 2.53 bits per heavy atom. The Hall–Kier alpha value is -2.14. The molecule has 1 aromatic carbocycles. The third-order valence-electron chi connectivity index (χ3n) is 2.60. The molecule has 0 aliphatic heterocycles. The van der Waals surface area contributed by atoms with Crippen molar-refractivity contribution in [3.05, 3.63) is 41.7 Å². The standard InChI is InChI=1S/C14H17N3O2/c1-3-10-4-6-11(7-5-10)19-14-8-12(15)16-13(17-14)9-18-2/h4-8H,3,9H2,1-2H3,(H2,15,16,17).